The van der Waals surface area contributed by atoms with Crippen LogP contribution in [0.3, 0.4) is 0 Å². The number of hydrogen-bond donors (Lipinski definition) is 2. The topological polar surface area (TPSA) is 90.2 Å². The molecule has 0 aliphatic carbocycles. The van der Waals surface area contributed by atoms with E-state index < -0.39 is 11.7 Å². The van der Waals surface area contributed by atoms with E-state index in [1.165, 1.54) is 6.07 Å². The average molecular weight is 275 g/mol. The Bertz CT molecular complexity index is 681. The van der Waals surface area contributed by atoms with Crippen LogP contribution in [0.25, 0.3) is 0 Å². The zero-order valence-electron chi connectivity index (χ0n) is 10.7. The molecule has 1 aliphatic heterocycles. The number of imidazole rings is 1. The van der Waals surface area contributed by atoms with Crippen LogP contribution in [0.4, 0.5) is 15.8 Å². The van der Waals surface area contributed by atoms with Gasteiger partial charge in [0.1, 0.15) is 11.6 Å². The molecular formula is C13H14FN5O. The summed E-state index contributed by atoms with van der Waals surface area (Å²) < 4.78 is 16.1. The molecule has 1 aliphatic rings. The number of amides is 1. The van der Waals surface area contributed by atoms with Gasteiger partial charge in [-0.25, -0.2) is 9.37 Å². The summed E-state index contributed by atoms with van der Waals surface area (Å²) in [5, 5.41) is 0. The van der Waals surface area contributed by atoms with Crippen LogP contribution in [0.5, 0.6) is 0 Å². The minimum absolute atomic E-state index is 0.0530. The van der Waals surface area contributed by atoms with Gasteiger partial charge in [-0.2, -0.15) is 0 Å². The van der Waals surface area contributed by atoms with E-state index >= 15 is 0 Å². The number of halogens is 1. The second-order valence-corrected chi connectivity index (χ2v) is 4.71. The lowest BCUT2D eigenvalue weighted by Gasteiger charge is -2.30. The van der Waals surface area contributed by atoms with Crippen molar-refractivity contribution in [3.05, 3.63) is 41.7 Å². The summed E-state index contributed by atoms with van der Waals surface area (Å²) in [6.07, 6.45) is 3.61. The number of nitrogens with zero attached hydrogens (tertiary/aromatic N) is 3. The normalized spacial score (nSPS) is 14.2. The van der Waals surface area contributed by atoms with E-state index in [0.29, 0.717) is 25.3 Å². The number of benzene rings is 1. The number of nitrogen functional groups attached to an aromatic ring is 1. The lowest BCUT2D eigenvalue weighted by atomic mass is 10.1. The third-order valence-electron chi connectivity index (χ3n) is 3.47. The Morgan fingerprint density at radius 1 is 1.35 bits per heavy atom. The van der Waals surface area contributed by atoms with Crippen molar-refractivity contribution >= 4 is 17.3 Å². The van der Waals surface area contributed by atoms with Crippen molar-refractivity contribution in [1.82, 2.24) is 9.55 Å². The zero-order chi connectivity index (χ0) is 14.3. The fourth-order valence-corrected chi connectivity index (χ4v) is 2.41. The van der Waals surface area contributed by atoms with Gasteiger partial charge < -0.3 is 20.9 Å². The molecule has 0 saturated carbocycles. The molecule has 4 N–H and O–H groups in total. The first kappa shape index (κ1) is 12.5. The van der Waals surface area contributed by atoms with Crippen molar-refractivity contribution in [2.24, 2.45) is 5.73 Å². The summed E-state index contributed by atoms with van der Waals surface area (Å²) in [6, 6.07) is 2.54. The molecule has 0 spiro atoms. The first-order chi connectivity index (χ1) is 9.56. The molecule has 0 bridgehead atoms. The van der Waals surface area contributed by atoms with Crippen LogP contribution in [0.1, 0.15) is 16.2 Å². The van der Waals surface area contributed by atoms with Gasteiger partial charge in [0, 0.05) is 31.2 Å². The van der Waals surface area contributed by atoms with E-state index in [0.717, 1.165) is 11.9 Å². The third kappa shape index (κ3) is 1.97. The van der Waals surface area contributed by atoms with Gasteiger partial charge in [0.05, 0.1) is 17.8 Å². The van der Waals surface area contributed by atoms with E-state index in [4.69, 9.17) is 11.5 Å². The molecule has 0 radical (unpaired) electrons. The summed E-state index contributed by atoms with van der Waals surface area (Å²) in [5.74, 6) is -0.275. The molecule has 104 valence electrons. The van der Waals surface area contributed by atoms with Crippen molar-refractivity contribution in [3.8, 4) is 0 Å². The summed E-state index contributed by atoms with van der Waals surface area (Å²) in [7, 11) is 0. The van der Waals surface area contributed by atoms with Crippen molar-refractivity contribution in [2.75, 3.05) is 17.2 Å². The Kier molecular flexibility index (Phi) is 2.81. The summed E-state index contributed by atoms with van der Waals surface area (Å²) in [4.78, 5) is 17.4. The van der Waals surface area contributed by atoms with Gasteiger partial charge >= 0.3 is 0 Å². The van der Waals surface area contributed by atoms with E-state index in [1.54, 1.807) is 6.20 Å². The number of fused-ring (bicyclic) bond motifs is 1. The fourth-order valence-electron chi connectivity index (χ4n) is 2.41. The number of carbonyl (C=O) groups is 1. The predicted molar refractivity (Wildman–Crippen MR) is 72.6 cm³/mol. The van der Waals surface area contributed by atoms with E-state index in [9.17, 15) is 9.18 Å². The van der Waals surface area contributed by atoms with Crippen LogP contribution in [-0.2, 0) is 13.1 Å². The predicted octanol–water partition coefficient (Wildman–Crippen LogP) is 0.723. The lowest BCUT2D eigenvalue weighted by Crippen LogP contribution is -2.34. The smallest absolute Gasteiger partial charge is 0.250 e. The molecule has 0 saturated heterocycles. The van der Waals surface area contributed by atoms with E-state index in [1.807, 2.05) is 15.7 Å². The van der Waals surface area contributed by atoms with E-state index in [2.05, 4.69) is 4.98 Å². The molecule has 7 heteroatoms. The van der Waals surface area contributed by atoms with Crippen LogP contribution >= 0.6 is 0 Å². The van der Waals surface area contributed by atoms with Gasteiger partial charge in [0.2, 0.25) is 0 Å². The zero-order valence-corrected chi connectivity index (χ0v) is 10.7. The molecule has 0 atom stereocenters. The highest BCUT2D eigenvalue weighted by Gasteiger charge is 2.21. The molecule has 1 aromatic heterocycles. The monoisotopic (exact) mass is 275 g/mol. The quantitative estimate of drug-likeness (QED) is 0.790. The molecule has 0 fully saturated rings. The number of primary amides is 1. The Morgan fingerprint density at radius 3 is 2.90 bits per heavy atom. The van der Waals surface area contributed by atoms with Crippen LogP contribution in [0, 0.1) is 5.82 Å². The van der Waals surface area contributed by atoms with Crippen molar-refractivity contribution in [1.29, 1.82) is 0 Å². The Labute approximate surface area is 114 Å². The summed E-state index contributed by atoms with van der Waals surface area (Å²) >= 11 is 0. The van der Waals surface area contributed by atoms with Gasteiger partial charge in [0.25, 0.3) is 5.91 Å². The van der Waals surface area contributed by atoms with Gasteiger partial charge in [-0.1, -0.05) is 0 Å². The largest absolute Gasteiger partial charge is 0.398 e. The maximum atomic E-state index is 14.1. The van der Waals surface area contributed by atoms with Gasteiger partial charge in [0.15, 0.2) is 0 Å². The van der Waals surface area contributed by atoms with Gasteiger partial charge in [-0.3, -0.25) is 4.79 Å². The minimum Gasteiger partial charge on any atom is -0.398 e. The molecule has 20 heavy (non-hydrogen) atoms. The van der Waals surface area contributed by atoms with Crippen molar-refractivity contribution < 1.29 is 9.18 Å². The van der Waals surface area contributed by atoms with E-state index in [-0.39, 0.29) is 11.3 Å². The standard InChI is InChI=1S/C13H14FN5O/c14-9-6-10(15)8(13(16)20)5-11(9)19-4-3-18-2-1-17-12(18)7-19/h1-2,5-6H,3-4,7,15H2,(H2,16,20). The first-order valence-corrected chi connectivity index (χ1v) is 6.20. The lowest BCUT2D eigenvalue weighted by molar-refractivity contribution is 0.100. The average Bonchev–Trinajstić information content (AvgIpc) is 2.85. The number of rotatable bonds is 2. The van der Waals surface area contributed by atoms with Crippen LogP contribution in [0.15, 0.2) is 24.5 Å². The molecule has 1 aromatic carbocycles. The highest BCUT2D eigenvalue weighted by atomic mass is 19.1. The van der Waals surface area contributed by atoms with Crippen molar-refractivity contribution in [3.63, 3.8) is 0 Å². The van der Waals surface area contributed by atoms with Gasteiger partial charge in [-0.15, -0.1) is 0 Å². The second kappa shape index (κ2) is 4.52. The number of aromatic nitrogens is 2. The Balaban J connectivity index is 1.99. The maximum absolute atomic E-state index is 14.1. The Hall–Kier alpha value is -2.57. The van der Waals surface area contributed by atoms with Crippen molar-refractivity contribution in [2.45, 2.75) is 13.1 Å². The minimum atomic E-state index is -0.665. The molecule has 2 aromatic rings. The van der Waals surface area contributed by atoms with Crippen LogP contribution < -0.4 is 16.4 Å². The molecule has 6 nitrogen and oxygen atoms in total. The van der Waals surface area contributed by atoms with Crippen LogP contribution in [0.2, 0.25) is 0 Å². The number of anilines is 2. The molecule has 3 rings (SSSR count). The second-order valence-electron chi connectivity index (χ2n) is 4.71. The molecule has 0 unspecified atom stereocenters. The third-order valence-corrected chi connectivity index (χ3v) is 3.47. The Morgan fingerprint density at radius 2 is 2.15 bits per heavy atom. The summed E-state index contributed by atoms with van der Waals surface area (Å²) in [5.41, 5.74) is 11.4. The number of nitrogens with two attached hydrogens (primary N) is 2. The molecule has 2 heterocycles. The number of carbonyl (C=O) groups excluding carboxylic acids is 1. The molecular weight excluding hydrogens is 261 g/mol. The highest BCUT2D eigenvalue weighted by molar-refractivity contribution is 5.99. The number of hydrogen-bond acceptors (Lipinski definition) is 4. The van der Waals surface area contributed by atoms with Crippen LogP contribution in [-0.4, -0.2) is 22.0 Å². The fraction of sp³-hybridized carbons (Fsp3) is 0.231. The molecule has 1 amide bonds. The first-order valence-electron chi connectivity index (χ1n) is 6.20. The van der Waals surface area contributed by atoms with Gasteiger partial charge in [-0.05, 0) is 12.1 Å². The maximum Gasteiger partial charge on any atom is 0.250 e. The highest BCUT2D eigenvalue weighted by Crippen LogP contribution is 2.27. The SMILES string of the molecule is NC(=O)c1cc(N2CCn3ccnc3C2)c(F)cc1N. The summed E-state index contributed by atoms with van der Waals surface area (Å²) in [6.45, 7) is 1.82.